The summed E-state index contributed by atoms with van der Waals surface area (Å²) in [5.41, 5.74) is 6.94. The molecule has 1 aromatic carbocycles. The van der Waals surface area contributed by atoms with Crippen LogP contribution in [0.25, 0.3) is 11.0 Å². The van der Waals surface area contributed by atoms with Crippen molar-refractivity contribution in [1.82, 2.24) is 19.6 Å². The first-order valence-corrected chi connectivity index (χ1v) is 13.8. The van der Waals surface area contributed by atoms with Crippen molar-refractivity contribution in [3.05, 3.63) is 22.3 Å². The second-order valence-electron chi connectivity index (χ2n) is 9.32. The van der Waals surface area contributed by atoms with Gasteiger partial charge in [-0.2, -0.15) is 0 Å². The Bertz CT molecular complexity index is 909. The monoisotopic (exact) mass is 488 g/mol. The van der Waals surface area contributed by atoms with Crippen LogP contribution in [0.15, 0.2) is 5.16 Å². The molecule has 1 aromatic heterocycles. The van der Waals surface area contributed by atoms with Crippen LogP contribution in [-0.4, -0.2) is 39.2 Å². The topological polar surface area (TPSA) is 78.1 Å². The van der Waals surface area contributed by atoms with Crippen LogP contribution in [0.2, 0.25) is 0 Å². The van der Waals surface area contributed by atoms with Crippen LogP contribution in [0.4, 0.5) is 0 Å². The van der Waals surface area contributed by atoms with Crippen LogP contribution in [0.1, 0.15) is 100 Å². The van der Waals surface area contributed by atoms with Gasteiger partial charge < -0.3 is 10.3 Å². The average molecular weight is 489 g/mol. The maximum atomic E-state index is 13.1. The van der Waals surface area contributed by atoms with Gasteiger partial charge in [0.2, 0.25) is 11.8 Å². The Balaban J connectivity index is 2.04. The molecule has 0 unspecified atom stereocenters. The fourth-order valence-electron chi connectivity index (χ4n) is 4.09. The molecule has 2 amide bonds. The zero-order chi connectivity index (χ0) is 25.1. The molecule has 2 aromatic rings. The van der Waals surface area contributed by atoms with Crippen molar-refractivity contribution in [2.45, 2.75) is 111 Å². The quantitative estimate of drug-likeness (QED) is 0.216. The number of rotatable bonds is 15. The summed E-state index contributed by atoms with van der Waals surface area (Å²) < 4.78 is 1.80. The van der Waals surface area contributed by atoms with E-state index in [4.69, 9.17) is 4.98 Å². The number of H-pyrrole nitrogens is 1. The second-order valence-corrected chi connectivity index (χ2v) is 10.3. The summed E-state index contributed by atoms with van der Waals surface area (Å²) in [6.45, 7) is 14.2. The summed E-state index contributed by atoms with van der Waals surface area (Å²) >= 11 is 1.37. The molecule has 0 radical (unpaired) electrons. The molecule has 0 atom stereocenters. The first-order chi connectivity index (χ1) is 16.3. The van der Waals surface area contributed by atoms with Gasteiger partial charge in [-0.25, -0.2) is 4.98 Å². The SMILES string of the molecule is CCCCCCNC(=O)CCC(=O)N(CCCCCC)Sc1nc2c(C)c(C)c(C)c(C)c2[nH]1. The van der Waals surface area contributed by atoms with Gasteiger partial charge in [-0.05, 0) is 62.8 Å². The van der Waals surface area contributed by atoms with Gasteiger partial charge in [-0.1, -0.05) is 52.4 Å². The van der Waals surface area contributed by atoms with E-state index in [1.807, 2.05) is 0 Å². The third kappa shape index (κ3) is 8.03. The molecule has 0 aliphatic heterocycles. The molecule has 0 fully saturated rings. The Hall–Kier alpha value is -2.02. The van der Waals surface area contributed by atoms with E-state index in [-0.39, 0.29) is 24.7 Å². The normalized spacial score (nSPS) is 11.2. The number of carbonyl (C=O) groups is 2. The number of carbonyl (C=O) groups excluding carboxylic acids is 2. The van der Waals surface area contributed by atoms with Crippen molar-refractivity contribution >= 4 is 34.8 Å². The molecular weight excluding hydrogens is 444 g/mol. The molecular formula is C27H44N4O2S. The van der Waals surface area contributed by atoms with E-state index in [1.165, 1.54) is 47.0 Å². The molecule has 34 heavy (non-hydrogen) atoms. The van der Waals surface area contributed by atoms with Gasteiger partial charge in [0.1, 0.15) is 0 Å². The van der Waals surface area contributed by atoms with E-state index >= 15 is 0 Å². The fourth-order valence-corrected chi connectivity index (χ4v) is 4.99. The summed E-state index contributed by atoms with van der Waals surface area (Å²) in [7, 11) is 0. The van der Waals surface area contributed by atoms with Crippen LogP contribution >= 0.6 is 11.9 Å². The lowest BCUT2D eigenvalue weighted by molar-refractivity contribution is -0.129. The first-order valence-electron chi connectivity index (χ1n) is 13.0. The highest BCUT2D eigenvalue weighted by molar-refractivity contribution is 7.97. The Morgan fingerprint density at radius 1 is 0.853 bits per heavy atom. The van der Waals surface area contributed by atoms with Gasteiger partial charge in [0.15, 0.2) is 5.16 Å². The molecule has 0 saturated heterocycles. The molecule has 7 heteroatoms. The summed E-state index contributed by atoms with van der Waals surface area (Å²) in [6, 6.07) is 0. The lowest BCUT2D eigenvalue weighted by Crippen LogP contribution is -2.29. The van der Waals surface area contributed by atoms with Crippen LogP contribution in [0.3, 0.4) is 0 Å². The van der Waals surface area contributed by atoms with E-state index in [2.05, 4.69) is 51.8 Å². The van der Waals surface area contributed by atoms with Crippen molar-refractivity contribution in [2.24, 2.45) is 0 Å². The third-order valence-corrected chi connectivity index (χ3v) is 7.68. The highest BCUT2D eigenvalue weighted by atomic mass is 32.2. The van der Waals surface area contributed by atoms with Crippen LogP contribution < -0.4 is 5.32 Å². The number of aryl methyl sites for hydroxylation is 2. The van der Waals surface area contributed by atoms with E-state index in [1.54, 1.807) is 4.31 Å². The van der Waals surface area contributed by atoms with Crippen molar-refractivity contribution < 1.29 is 9.59 Å². The Labute approximate surface area is 210 Å². The lowest BCUT2D eigenvalue weighted by Gasteiger charge is -2.20. The van der Waals surface area contributed by atoms with Gasteiger partial charge in [-0.15, -0.1) is 0 Å². The highest BCUT2D eigenvalue weighted by Gasteiger charge is 2.20. The highest BCUT2D eigenvalue weighted by Crippen LogP contribution is 2.31. The molecule has 2 N–H and O–H groups in total. The zero-order valence-electron chi connectivity index (χ0n) is 22.1. The van der Waals surface area contributed by atoms with Crippen molar-refractivity contribution in [3.8, 4) is 0 Å². The summed E-state index contributed by atoms with van der Waals surface area (Å²) in [5.74, 6) is -0.0504. The number of benzene rings is 1. The number of hydrogen-bond donors (Lipinski definition) is 2. The number of nitrogens with zero attached hydrogens (tertiary/aromatic N) is 2. The summed E-state index contributed by atoms with van der Waals surface area (Å²) in [6.07, 6.45) is 9.31. The van der Waals surface area contributed by atoms with E-state index in [0.717, 1.165) is 54.7 Å². The molecule has 0 aliphatic carbocycles. The fraction of sp³-hybridized carbons (Fsp3) is 0.667. The summed E-state index contributed by atoms with van der Waals surface area (Å²) in [4.78, 5) is 33.6. The standard InChI is InChI=1S/C27H44N4O2S/c1-7-9-11-13-17-28-23(32)15-16-24(33)31(18-14-12-10-8-2)34-27-29-25-21(5)19(3)20(4)22(6)26(25)30-27/h7-18H2,1-6H3,(H,28,32)(H,29,30). The molecule has 6 nitrogen and oxygen atoms in total. The Morgan fingerprint density at radius 2 is 1.50 bits per heavy atom. The smallest absolute Gasteiger partial charge is 0.233 e. The van der Waals surface area contributed by atoms with Crippen molar-refractivity contribution in [2.75, 3.05) is 13.1 Å². The number of amides is 2. The predicted molar refractivity (Wildman–Crippen MR) is 143 cm³/mol. The molecule has 0 saturated carbocycles. The number of nitrogens with one attached hydrogen (secondary N) is 2. The van der Waals surface area contributed by atoms with E-state index in [9.17, 15) is 9.59 Å². The number of aromatic nitrogens is 2. The van der Waals surface area contributed by atoms with Gasteiger partial charge in [0.25, 0.3) is 0 Å². The lowest BCUT2D eigenvalue weighted by atomic mass is 9.98. The summed E-state index contributed by atoms with van der Waals surface area (Å²) in [5, 5.41) is 3.68. The zero-order valence-corrected chi connectivity index (χ0v) is 22.9. The average Bonchev–Trinajstić information content (AvgIpc) is 3.25. The van der Waals surface area contributed by atoms with E-state index < -0.39 is 0 Å². The maximum Gasteiger partial charge on any atom is 0.233 e. The third-order valence-electron chi connectivity index (χ3n) is 6.71. The molecule has 190 valence electrons. The Kier molecular flexibility index (Phi) is 11.9. The van der Waals surface area contributed by atoms with Gasteiger partial charge >= 0.3 is 0 Å². The second kappa shape index (κ2) is 14.4. The van der Waals surface area contributed by atoms with Gasteiger partial charge in [-0.3, -0.25) is 13.9 Å². The molecule has 2 rings (SSSR count). The predicted octanol–water partition coefficient (Wildman–Crippen LogP) is 6.69. The van der Waals surface area contributed by atoms with Crippen molar-refractivity contribution in [1.29, 1.82) is 0 Å². The van der Waals surface area contributed by atoms with Crippen LogP contribution in [0, 0.1) is 27.7 Å². The number of imidazole rings is 1. The van der Waals surface area contributed by atoms with Crippen LogP contribution in [-0.2, 0) is 9.59 Å². The van der Waals surface area contributed by atoms with Crippen molar-refractivity contribution in [3.63, 3.8) is 0 Å². The number of unbranched alkanes of at least 4 members (excludes halogenated alkanes) is 6. The first kappa shape index (κ1) is 28.2. The number of fused-ring (bicyclic) bond motifs is 1. The molecule has 0 spiro atoms. The van der Waals surface area contributed by atoms with Gasteiger partial charge in [0.05, 0.1) is 11.0 Å². The molecule has 0 bridgehead atoms. The minimum atomic E-state index is -0.0401. The van der Waals surface area contributed by atoms with Gasteiger partial charge in [0, 0.05) is 37.9 Å². The maximum absolute atomic E-state index is 13.1. The minimum Gasteiger partial charge on any atom is -0.356 e. The number of aromatic amines is 1. The Morgan fingerprint density at radius 3 is 2.18 bits per heavy atom. The minimum absolute atomic E-state index is 0.0103. The molecule has 0 aliphatic rings. The van der Waals surface area contributed by atoms with E-state index in [0.29, 0.717) is 13.1 Å². The largest absolute Gasteiger partial charge is 0.356 e. The van der Waals surface area contributed by atoms with Crippen LogP contribution in [0.5, 0.6) is 0 Å². The number of hydrogen-bond acceptors (Lipinski definition) is 4. The molecule has 1 heterocycles.